The van der Waals surface area contributed by atoms with Crippen molar-refractivity contribution in [3.63, 3.8) is 0 Å². The Labute approximate surface area is 117 Å². The van der Waals surface area contributed by atoms with Gasteiger partial charge in [0, 0.05) is 18.7 Å². The summed E-state index contributed by atoms with van der Waals surface area (Å²) in [7, 11) is 1.36. The molecular formula is C15H16N2O3. The van der Waals surface area contributed by atoms with Crippen molar-refractivity contribution in [1.82, 2.24) is 4.90 Å². The van der Waals surface area contributed by atoms with E-state index in [2.05, 4.69) is 0 Å². The molecule has 104 valence electrons. The summed E-state index contributed by atoms with van der Waals surface area (Å²) in [6.45, 7) is 1.04. The van der Waals surface area contributed by atoms with E-state index in [0.717, 1.165) is 12.8 Å². The number of benzene rings is 1. The van der Waals surface area contributed by atoms with E-state index in [1.807, 2.05) is 6.07 Å². The quantitative estimate of drug-likeness (QED) is 0.766. The number of carbonyl (C=O) groups excluding carboxylic acids is 2. The van der Waals surface area contributed by atoms with Crippen LogP contribution in [-0.4, -0.2) is 37.0 Å². The van der Waals surface area contributed by atoms with Crippen LogP contribution in [0.3, 0.4) is 0 Å². The van der Waals surface area contributed by atoms with Gasteiger partial charge in [0.1, 0.15) is 0 Å². The Hall–Kier alpha value is -2.35. The van der Waals surface area contributed by atoms with Gasteiger partial charge in [-0.3, -0.25) is 9.59 Å². The molecule has 5 heteroatoms. The minimum absolute atomic E-state index is 0.108. The maximum atomic E-state index is 12.3. The van der Waals surface area contributed by atoms with Gasteiger partial charge in [0.25, 0.3) is 5.91 Å². The molecule has 1 aromatic carbocycles. The number of ether oxygens (including phenoxy) is 1. The Morgan fingerprint density at radius 2 is 2.05 bits per heavy atom. The number of nitriles is 1. The van der Waals surface area contributed by atoms with Gasteiger partial charge in [0.05, 0.1) is 24.7 Å². The number of hydrogen-bond acceptors (Lipinski definition) is 4. The SMILES string of the molecule is COC(=O)[C@H]1CCCN(C(=O)c2ccc(C#N)cc2)C1. The molecule has 1 heterocycles. The van der Waals surface area contributed by atoms with E-state index in [4.69, 9.17) is 10.00 Å². The minimum Gasteiger partial charge on any atom is -0.469 e. The fraction of sp³-hybridized carbons (Fsp3) is 0.400. The highest BCUT2D eigenvalue weighted by atomic mass is 16.5. The normalized spacial score (nSPS) is 18.2. The number of rotatable bonds is 2. The molecule has 1 amide bonds. The highest BCUT2D eigenvalue weighted by Gasteiger charge is 2.29. The third-order valence-electron chi connectivity index (χ3n) is 3.50. The third kappa shape index (κ3) is 2.97. The summed E-state index contributed by atoms with van der Waals surface area (Å²) in [5.74, 6) is -0.610. The second-order valence-corrected chi connectivity index (χ2v) is 4.80. The fourth-order valence-corrected chi connectivity index (χ4v) is 2.39. The summed E-state index contributed by atoms with van der Waals surface area (Å²) in [5.41, 5.74) is 1.06. The molecule has 0 N–H and O–H groups in total. The van der Waals surface area contributed by atoms with E-state index in [1.165, 1.54) is 7.11 Å². The van der Waals surface area contributed by atoms with Crippen molar-refractivity contribution in [3.8, 4) is 6.07 Å². The Kier molecular flexibility index (Phi) is 4.36. The minimum atomic E-state index is -0.262. The first kappa shape index (κ1) is 14.1. The Morgan fingerprint density at radius 1 is 1.35 bits per heavy atom. The molecule has 0 radical (unpaired) electrons. The van der Waals surface area contributed by atoms with Crippen molar-refractivity contribution in [2.45, 2.75) is 12.8 Å². The first-order valence-electron chi connectivity index (χ1n) is 6.53. The van der Waals surface area contributed by atoms with Crippen LogP contribution in [0.4, 0.5) is 0 Å². The van der Waals surface area contributed by atoms with Crippen molar-refractivity contribution in [1.29, 1.82) is 5.26 Å². The molecule has 0 spiro atoms. The molecule has 1 fully saturated rings. The Balaban J connectivity index is 2.08. The summed E-state index contributed by atoms with van der Waals surface area (Å²) < 4.78 is 4.74. The molecule has 0 aromatic heterocycles. The molecule has 0 unspecified atom stereocenters. The molecule has 0 aliphatic carbocycles. The number of esters is 1. The van der Waals surface area contributed by atoms with E-state index in [0.29, 0.717) is 24.2 Å². The van der Waals surface area contributed by atoms with E-state index in [1.54, 1.807) is 29.2 Å². The molecule has 1 aromatic rings. The van der Waals surface area contributed by atoms with E-state index in [-0.39, 0.29) is 17.8 Å². The van der Waals surface area contributed by atoms with Crippen LogP contribution in [-0.2, 0) is 9.53 Å². The molecule has 0 bridgehead atoms. The van der Waals surface area contributed by atoms with Crippen molar-refractivity contribution >= 4 is 11.9 Å². The smallest absolute Gasteiger partial charge is 0.310 e. The van der Waals surface area contributed by atoms with Gasteiger partial charge >= 0.3 is 5.97 Å². The molecule has 20 heavy (non-hydrogen) atoms. The van der Waals surface area contributed by atoms with Crippen LogP contribution < -0.4 is 0 Å². The third-order valence-corrected chi connectivity index (χ3v) is 3.50. The molecule has 1 saturated heterocycles. The number of piperidine rings is 1. The van der Waals surface area contributed by atoms with Gasteiger partial charge < -0.3 is 9.64 Å². The summed E-state index contributed by atoms with van der Waals surface area (Å²) >= 11 is 0. The van der Waals surface area contributed by atoms with Crippen LogP contribution in [0.2, 0.25) is 0 Å². The van der Waals surface area contributed by atoms with Gasteiger partial charge in [-0.05, 0) is 37.1 Å². The maximum Gasteiger partial charge on any atom is 0.310 e. The van der Waals surface area contributed by atoms with Crippen LogP contribution in [0.25, 0.3) is 0 Å². The lowest BCUT2D eigenvalue weighted by molar-refractivity contribution is -0.146. The van der Waals surface area contributed by atoms with Crippen LogP contribution in [0.1, 0.15) is 28.8 Å². The summed E-state index contributed by atoms with van der Waals surface area (Å²) in [4.78, 5) is 25.6. The average Bonchev–Trinajstić information content (AvgIpc) is 2.53. The second-order valence-electron chi connectivity index (χ2n) is 4.80. The van der Waals surface area contributed by atoms with Gasteiger partial charge in [0.2, 0.25) is 0 Å². The zero-order valence-electron chi connectivity index (χ0n) is 11.3. The summed E-state index contributed by atoms with van der Waals surface area (Å²) in [6.07, 6.45) is 1.55. The largest absolute Gasteiger partial charge is 0.469 e. The maximum absolute atomic E-state index is 12.3. The van der Waals surface area contributed by atoms with E-state index < -0.39 is 0 Å². The highest BCUT2D eigenvalue weighted by molar-refractivity contribution is 5.94. The van der Waals surface area contributed by atoms with Crippen LogP contribution in [0.5, 0.6) is 0 Å². The highest BCUT2D eigenvalue weighted by Crippen LogP contribution is 2.19. The molecule has 1 aliphatic rings. The predicted molar refractivity (Wildman–Crippen MR) is 71.8 cm³/mol. The molecular weight excluding hydrogens is 256 g/mol. The lowest BCUT2D eigenvalue weighted by atomic mass is 9.97. The topological polar surface area (TPSA) is 70.4 Å². The van der Waals surface area contributed by atoms with Crippen molar-refractivity contribution in [3.05, 3.63) is 35.4 Å². The van der Waals surface area contributed by atoms with Gasteiger partial charge in [-0.15, -0.1) is 0 Å². The first-order valence-corrected chi connectivity index (χ1v) is 6.53. The average molecular weight is 272 g/mol. The number of hydrogen-bond donors (Lipinski definition) is 0. The Bertz CT molecular complexity index is 545. The van der Waals surface area contributed by atoms with Gasteiger partial charge in [-0.1, -0.05) is 0 Å². The summed E-state index contributed by atoms with van der Waals surface area (Å²) in [6, 6.07) is 8.54. The van der Waals surface area contributed by atoms with Gasteiger partial charge in [-0.25, -0.2) is 0 Å². The lowest BCUT2D eigenvalue weighted by Gasteiger charge is -2.31. The predicted octanol–water partition coefficient (Wildman–Crippen LogP) is 1.58. The van der Waals surface area contributed by atoms with E-state index in [9.17, 15) is 9.59 Å². The first-order chi connectivity index (χ1) is 9.65. The van der Waals surface area contributed by atoms with Gasteiger partial charge in [-0.2, -0.15) is 5.26 Å². The molecule has 1 aliphatic heterocycles. The van der Waals surface area contributed by atoms with Gasteiger partial charge in [0.15, 0.2) is 0 Å². The van der Waals surface area contributed by atoms with E-state index >= 15 is 0 Å². The molecule has 2 rings (SSSR count). The number of nitrogens with zero attached hydrogens (tertiary/aromatic N) is 2. The van der Waals surface area contributed by atoms with Crippen molar-refractivity contribution < 1.29 is 14.3 Å². The zero-order chi connectivity index (χ0) is 14.5. The lowest BCUT2D eigenvalue weighted by Crippen LogP contribution is -2.42. The molecule has 1 atom stereocenters. The van der Waals surface area contributed by atoms with Crippen LogP contribution in [0.15, 0.2) is 24.3 Å². The number of carbonyl (C=O) groups is 2. The molecule has 0 saturated carbocycles. The van der Waals surface area contributed by atoms with Crippen LogP contribution >= 0.6 is 0 Å². The number of amides is 1. The zero-order valence-corrected chi connectivity index (χ0v) is 11.3. The van der Waals surface area contributed by atoms with Crippen molar-refractivity contribution in [2.75, 3.05) is 20.2 Å². The molecule has 5 nitrogen and oxygen atoms in total. The second kappa shape index (κ2) is 6.20. The standard InChI is InChI=1S/C15H16N2O3/c1-20-15(19)13-3-2-8-17(10-13)14(18)12-6-4-11(9-16)5-7-12/h4-7,13H,2-3,8,10H2,1H3/t13-/m0/s1. The number of methoxy groups -OCH3 is 1. The number of likely N-dealkylation sites (tertiary alicyclic amines) is 1. The van der Waals surface area contributed by atoms with Crippen molar-refractivity contribution in [2.24, 2.45) is 5.92 Å². The summed E-state index contributed by atoms with van der Waals surface area (Å²) in [5, 5.41) is 8.74. The fourth-order valence-electron chi connectivity index (χ4n) is 2.39. The monoisotopic (exact) mass is 272 g/mol. The van der Waals surface area contributed by atoms with Crippen LogP contribution in [0, 0.1) is 17.2 Å². The Morgan fingerprint density at radius 3 is 2.65 bits per heavy atom.